The van der Waals surface area contributed by atoms with E-state index in [2.05, 4.69) is 11.9 Å². The van der Waals surface area contributed by atoms with Crippen molar-refractivity contribution in [2.45, 2.75) is 31.8 Å². The van der Waals surface area contributed by atoms with Crippen LogP contribution in [0.1, 0.15) is 26.2 Å². The molecule has 0 aromatic heterocycles. The van der Waals surface area contributed by atoms with E-state index in [9.17, 15) is 24.3 Å². The number of carbonyl (C=O) groups excluding carboxylic acids is 1. The molecule has 0 saturated heterocycles. The highest BCUT2D eigenvalue weighted by molar-refractivity contribution is 5.93. The number of carboxylic acids is 3. The Morgan fingerprint density at radius 2 is 1.64 bits per heavy atom. The number of unbranched alkanes of at least 4 members (excludes halogenated alkanes) is 1. The molecule has 9 nitrogen and oxygen atoms in total. The van der Waals surface area contributed by atoms with E-state index in [-0.39, 0.29) is 6.42 Å². The van der Waals surface area contributed by atoms with Crippen molar-refractivity contribution in [2.75, 3.05) is 13.1 Å². The van der Waals surface area contributed by atoms with Gasteiger partial charge in [-0.2, -0.15) is 0 Å². The average Bonchev–Trinajstić information content (AvgIpc) is 2.41. The van der Waals surface area contributed by atoms with Crippen LogP contribution in [0.3, 0.4) is 0 Å². The summed E-state index contributed by atoms with van der Waals surface area (Å²) in [5, 5.41) is 29.5. The molecule has 0 heterocycles. The maximum absolute atomic E-state index is 11.7. The highest BCUT2D eigenvalue weighted by Crippen LogP contribution is 2.21. The molecule has 0 aliphatic rings. The molecule has 4 N–H and O–H groups in total. The summed E-state index contributed by atoms with van der Waals surface area (Å²) in [5.41, 5.74) is -2.13. The lowest BCUT2D eigenvalue weighted by Crippen LogP contribution is -2.67. The fraction of sp³-hybridized carbons (Fsp3) is 0.538. The first-order valence-corrected chi connectivity index (χ1v) is 6.56. The summed E-state index contributed by atoms with van der Waals surface area (Å²) >= 11 is 0. The molecule has 124 valence electrons. The highest BCUT2D eigenvalue weighted by atomic mass is 16.4. The van der Waals surface area contributed by atoms with Crippen molar-refractivity contribution in [3.8, 4) is 0 Å². The SMILES string of the molecule is C=CC(=O)NC(CCCC)(C(=O)O)N(CC(=O)O)CC(=O)O. The first kappa shape index (κ1) is 19.6. The number of rotatable bonds is 11. The zero-order valence-corrected chi connectivity index (χ0v) is 12.2. The molecule has 1 atom stereocenters. The summed E-state index contributed by atoms with van der Waals surface area (Å²) in [6.07, 6.45) is 1.62. The van der Waals surface area contributed by atoms with E-state index in [1.165, 1.54) is 0 Å². The molecule has 0 saturated carbocycles. The summed E-state index contributed by atoms with van der Waals surface area (Å²) in [5.74, 6) is -5.18. The molecule has 0 bridgehead atoms. The molecule has 1 unspecified atom stereocenters. The van der Waals surface area contributed by atoms with Crippen LogP contribution in [0.25, 0.3) is 0 Å². The Balaban J connectivity index is 5.81. The van der Waals surface area contributed by atoms with E-state index < -0.39 is 42.6 Å². The maximum Gasteiger partial charge on any atom is 0.344 e. The molecule has 1 amide bonds. The van der Waals surface area contributed by atoms with Gasteiger partial charge in [0.25, 0.3) is 0 Å². The fourth-order valence-electron chi connectivity index (χ4n) is 1.94. The third-order valence-corrected chi connectivity index (χ3v) is 2.95. The standard InChI is InChI=1S/C13H20N2O7/c1-3-5-6-13(12(21)22,14-9(16)4-2)15(7-10(17)18)8-11(19)20/h4H,2-3,5-8H2,1H3,(H,14,16)(H,17,18)(H,19,20)(H,21,22). The minimum atomic E-state index is -2.13. The van der Waals surface area contributed by atoms with Gasteiger partial charge in [0.15, 0.2) is 5.66 Å². The van der Waals surface area contributed by atoms with Crippen molar-refractivity contribution in [3.05, 3.63) is 12.7 Å². The van der Waals surface area contributed by atoms with Gasteiger partial charge in [-0.25, -0.2) is 9.69 Å². The second kappa shape index (κ2) is 8.78. The first-order chi connectivity index (χ1) is 10.2. The lowest BCUT2D eigenvalue weighted by molar-refractivity contribution is -0.163. The number of aliphatic carboxylic acids is 3. The molecule has 0 fully saturated rings. The molecule has 22 heavy (non-hydrogen) atoms. The van der Waals surface area contributed by atoms with Gasteiger partial charge in [-0.05, 0) is 18.9 Å². The van der Waals surface area contributed by atoms with Gasteiger partial charge >= 0.3 is 17.9 Å². The van der Waals surface area contributed by atoms with Crippen LogP contribution in [-0.2, 0) is 19.2 Å². The maximum atomic E-state index is 11.7. The first-order valence-electron chi connectivity index (χ1n) is 6.56. The summed E-state index contributed by atoms with van der Waals surface area (Å²) in [6.45, 7) is 3.29. The number of hydrogen-bond acceptors (Lipinski definition) is 5. The van der Waals surface area contributed by atoms with E-state index in [4.69, 9.17) is 10.2 Å². The Kier molecular flexibility index (Phi) is 7.81. The van der Waals surface area contributed by atoms with Gasteiger partial charge < -0.3 is 20.6 Å². The van der Waals surface area contributed by atoms with Crippen molar-refractivity contribution < 1.29 is 34.5 Å². The Morgan fingerprint density at radius 3 is 1.95 bits per heavy atom. The normalized spacial score (nSPS) is 13.2. The van der Waals surface area contributed by atoms with E-state index >= 15 is 0 Å². The fourth-order valence-corrected chi connectivity index (χ4v) is 1.94. The molecule has 0 aliphatic heterocycles. The minimum absolute atomic E-state index is 0.140. The third kappa shape index (κ3) is 5.52. The molecule has 0 aromatic carbocycles. The van der Waals surface area contributed by atoms with Crippen molar-refractivity contribution in [1.82, 2.24) is 10.2 Å². The van der Waals surface area contributed by atoms with E-state index in [0.717, 1.165) is 6.08 Å². The largest absolute Gasteiger partial charge is 0.480 e. The molecule has 0 aromatic rings. The zero-order chi connectivity index (χ0) is 17.3. The molecule has 0 aliphatic carbocycles. The van der Waals surface area contributed by atoms with Crippen molar-refractivity contribution in [1.29, 1.82) is 0 Å². The molecule has 0 rings (SSSR count). The third-order valence-electron chi connectivity index (χ3n) is 2.95. The number of nitrogens with zero attached hydrogens (tertiary/aromatic N) is 1. The predicted molar refractivity (Wildman–Crippen MR) is 75.1 cm³/mol. The summed E-state index contributed by atoms with van der Waals surface area (Å²) in [6, 6.07) is 0. The molecule has 0 radical (unpaired) electrons. The minimum Gasteiger partial charge on any atom is -0.480 e. The number of nitrogens with one attached hydrogen (secondary N) is 1. The average molecular weight is 316 g/mol. The van der Waals surface area contributed by atoms with Gasteiger partial charge in [0.2, 0.25) is 5.91 Å². The van der Waals surface area contributed by atoms with Gasteiger partial charge in [-0.3, -0.25) is 14.4 Å². The summed E-state index contributed by atoms with van der Waals surface area (Å²) < 4.78 is 0. The summed E-state index contributed by atoms with van der Waals surface area (Å²) in [4.78, 5) is 45.8. The van der Waals surface area contributed by atoms with E-state index in [0.29, 0.717) is 17.7 Å². The van der Waals surface area contributed by atoms with Crippen molar-refractivity contribution >= 4 is 23.8 Å². The number of carboxylic acid groups (broad SMARTS) is 3. The van der Waals surface area contributed by atoms with Crippen LogP contribution in [-0.4, -0.2) is 62.8 Å². The van der Waals surface area contributed by atoms with Gasteiger partial charge in [0.05, 0.1) is 13.1 Å². The molecule has 9 heteroatoms. The van der Waals surface area contributed by atoms with Crippen molar-refractivity contribution in [2.24, 2.45) is 0 Å². The van der Waals surface area contributed by atoms with Crippen LogP contribution >= 0.6 is 0 Å². The smallest absolute Gasteiger partial charge is 0.344 e. The van der Waals surface area contributed by atoms with Gasteiger partial charge in [0.1, 0.15) is 0 Å². The Labute approximate surface area is 127 Å². The van der Waals surface area contributed by atoms with Crippen LogP contribution in [0, 0.1) is 0 Å². The highest BCUT2D eigenvalue weighted by Gasteiger charge is 2.46. The zero-order valence-electron chi connectivity index (χ0n) is 12.2. The van der Waals surface area contributed by atoms with Crippen LogP contribution in [0.2, 0.25) is 0 Å². The number of amides is 1. The Bertz CT molecular complexity index is 447. The van der Waals surface area contributed by atoms with Crippen LogP contribution in [0.5, 0.6) is 0 Å². The Morgan fingerprint density at radius 1 is 1.14 bits per heavy atom. The lowest BCUT2D eigenvalue weighted by Gasteiger charge is -2.39. The lowest BCUT2D eigenvalue weighted by atomic mass is 9.99. The molecule has 0 spiro atoms. The van der Waals surface area contributed by atoms with E-state index in [1.54, 1.807) is 6.92 Å². The monoisotopic (exact) mass is 316 g/mol. The quantitative estimate of drug-likeness (QED) is 0.301. The number of hydrogen-bond donors (Lipinski definition) is 4. The van der Waals surface area contributed by atoms with Gasteiger partial charge in [-0.1, -0.05) is 19.9 Å². The number of carbonyl (C=O) groups is 4. The van der Waals surface area contributed by atoms with Crippen LogP contribution in [0.4, 0.5) is 0 Å². The second-order valence-electron chi connectivity index (χ2n) is 4.61. The van der Waals surface area contributed by atoms with Crippen LogP contribution < -0.4 is 5.32 Å². The topological polar surface area (TPSA) is 144 Å². The predicted octanol–water partition coefficient (Wildman–Crippen LogP) is -0.269. The second-order valence-corrected chi connectivity index (χ2v) is 4.61. The van der Waals surface area contributed by atoms with Gasteiger partial charge in [0, 0.05) is 0 Å². The van der Waals surface area contributed by atoms with Gasteiger partial charge in [-0.15, -0.1) is 0 Å². The van der Waals surface area contributed by atoms with Crippen LogP contribution in [0.15, 0.2) is 12.7 Å². The van der Waals surface area contributed by atoms with Crippen molar-refractivity contribution in [3.63, 3.8) is 0 Å². The molecular weight excluding hydrogens is 296 g/mol. The Hall–Kier alpha value is -2.42. The van der Waals surface area contributed by atoms with E-state index in [1.807, 2.05) is 0 Å². The molecular formula is C13H20N2O7. The summed E-state index contributed by atoms with van der Waals surface area (Å²) in [7, 11) is 0.